The van der Waals surface area contributed by atoms with E-state index in [0.717, 1.165) is 17.3 Å². The number of hydrogen-bond acceptors (Lipinski definition) is 3. The molecule has 1 aliphatic heterocycles. The maximum Gasteiger partial charge on any atom is 0.0161 e. The first kappa shape index (κ1) is 12.1. The van der Waals surface area contributed by atoms with Gasteiger partial charge in [0.1, 0.15) is 0 Å². The number of rotatable bonds is 4. The molecule has 0 amide bonds. The van der Waals surface area contributed by atoms with E-state index in [9.17, 15) is 0 Å². The lowest BCUT2D eigenvalue weighted by Crippen LogP contribution is -2.40. The molecule has 0 radical (unpaired) electrons. The third-order valence-electron chi connectivity index (χ3n) is 3.42. The molecule has 1 heterocycles. The Kier molecular flexibility index (Phi) is 5.18. The van der Waals surface area contributed by atoms with Crippen LogP contribution in [0.4, 0.5) is 0 Å². The molecular formula is C12H23NS2. The highest BCUT2D eigenvalue weighted by Gasteiger charge is 2.26. The summed E-state index contributed by atoms with van der Waals surface area (Å²) >= 11 is 4.29. The van der Waals surface area contributed by atoms with Crippen LogP contribution in [0.5, 0.6) is 0 Å². The molecule has 1 saturated carbocycles. The average molecular weight is 245 g/mol. The van der Waals surface area contributed by atoms with Crippen molar-refractivity contribution in [1.29, 1.82) is 0 Å². The maximum atomic E-state index is 3.87. The van der Waals surface area contributed by atoms with Crippen LogP contribution in [0.3, 0.4) is 0 Å². The number of thioether (sulfide) groups is 2. The zero-order valence-corrected chi connectivity index (χ0v) is 11.3. The van der Waals surface area contributed by atoms with Gasteiger partial charge in [0, 0.05) is 23.1 Å². The molecule has 1 N–H and O–H groups in total. The predicted octanol–water partition coefficient (Wildman–Crippen LogP) is 3.15. The molecule has 1 saturated heterocycles. The molecule has 3 heteroatoms. The van der Waals surface area contributed by atoms with E-state index in [1.54, 1.807) is 0 Å². The van der Waals surface area contributed by atoms with Gasteiger partial charge in [0.2, 0.25) is 0 Å². The van der Waals surface area contributed by atoms with Crippen molar-refractivity contribution < 1.29 is 0 Å². The third-order valence-corrected chi connectivity index (χ3v) is 5.87. The van der Waals surface area contributed by atoms with E-state index in [4.69, 9.17) is 0 Å². The molecule has 1 nitrogen and oxygen atoms in total. The van der Waals surface area contributed by atoms with Gasteiger partial charge in [0.05, 0.1) is 0 Å². The first-order chi connectivity index (χ1) is 7.38. The van der Waals surface area contributed by atoms with Gasteiger partial charge >= 0.3 is 0 Å². The van der Waals surface area contributed by atoms with E-state index in [-0.39, 0.29) is 0 Å². The highest BCUT2D eigenvalue weighted by molar-refractivity contribution is 7.99. The molecule has 0 bridgehead atoms. The number of nitrogens with one attached hydrogen (secondary N) is 1. The van der Waals surface area contributed by atoms with E-state index < -0.39 is 0 Å². The summed E-state index contributed by atoms with van der Waals surface area (Å²) < 4.78 is 0. The Hall–Kier alpha value is 0.660. The summed E-state index contributed by atoms with van der Waals surface area (Å²) in [5.41, 5.74) is 0. The zero-order chi connectivity index (χ0) is 10.5. The second-order valence-electron chi connectivity index (χ2n) is 4.67. The second kappa shape index (κ2) is 6.41. The van der Waals surface area contributed by atoms with Gasteiger partial charge in [-0.1, -0.05) is 6.92 Å². The normalized spacial score (nSPS) is 37.0. The highest BCUT2D eigenvalue weighted by Crippen LogP contribution is 2.30. The molecule has 0 aromatic carbocycles. The largest absolute Gasteiger partial charge is 0.310 e. The van der Waals surface area contributed by atoms with Crippen molar-refractivity contribution in [3.05, 3.63) is 0 Å². The molecular weight excluding hydrogens is 222 g/mol. The van der Waals surface area contributed by atoms with Crippen LogP contribution in [0.2, 0.25) is 0 Å². The van der Waals surface area contributed by atoms with Crippen molar-refractivity contribution in [1.82, 2.24) is 5.32 Å². The van der Waals surface area contributed by atoms with Crippen molar-refractivity contribution in [2.45, 2.75) is 56.4 Å². The Morgan fingerprint density at radius 2 is 2.20 bits per heavy atom. The molecule has 1 aliphatic carbocycles. The first-order valence-electron chi connectivity index (χ1n) is 6.34. The standard InChI is InChI=1S/C12H23NS2/c1-2-15-12-6-5-10(8-12)13-11-4-3-7-14-9-11/h10-13H,2-9H2,1H3. The van der Waals surface area contributed by atoms with Gasteiger partial charge in [-0.05, 0) is 43.6 Å². The number of hydrogen-bond donors (Lipinski definition) is 1. The minimum Gasteiger partial charge on any atom is -0.310 e. The minimum atomic E-state index is 0.819. The Morgan fingerprint density at radius 3 is 2.93 bits per heavy atom. The van der Waals surface area contributed by atoms with E-state index >= 15 is 0 Å². The van der Waals surface area contributed by atoms with Crippen LogP contribution >= 0.6 is 23.5 Å². The second-order valence-corrected chi connectivity index (χ2v) is 7.40. The van der Waals surface area contributed by atoms with Crippen molar-refractivity contribution >= 4 is 23.5 Å². The lowest BCUT2D eigenvalue weighted by Gasteiger charge is -2.26. The van der Waals surface area contributed by atoms with Crippen LogP contribution in [-0.4, -0.2) is 34.6 Å². The van der Waals surface area contributed by atoms with E-state index in [2.05, 4.69) is 35.8 Å². The lowest BCUT2D eigenvalue weighted by molar-refractivity contribution is 0.429. The SMILES string of the molecule is CCSC1CCC(NC2CCCSC2)C1. The molecule has 3 unspecified atom stereocenters. The fourth-order valence-corrected chi connectivity index (χ4v) is 4.91. The van der Waals surface area contributed by atoms with Crippen LogP contribution in [0.15, 0.2) is 0 Å². The topological polar surface area (TPSA) is 12.0 Å². The summed E-state index contributed by atoms with van der Waals surface area (Å²) in [7, 11) is 0. The molecule has 0 spiro atoms. The van der Waals surface area contributed by atoms with E-state index in [0.29, 0.717) is 0 Å². The van der Waals surface area contributed by atoms with Gasteiger partial charge in [-0.3, -0.25) is 0 Å². The molecule has 0 aromatic rings. The smallest absolute Gasteiger partial charge is 0.0161 e. The summed E-state index contributed by atoms with van der Waals surface area (Å²) in [4.78, 5) is 0. The third kappa shape index (κ3) is 3.86. The molecule has 2 fully saturated rings. The summed E-state index contributed by atoms with van der Waals surface area (Å²) in [5.74, 6) is 4.02. The van der Waals surface area contributed by atoms with Gasteiger partial charge < -0.3 is 5.32 Å². The van der Waals surface area contributed by atoms with Crippen LogP contribution in [0.1, 0.15) is 39.0 Å². The molecule has 2 rings (SSSR count). The van der Waals surface area contributed by atoms with Crippen molar-refractivity contribution in [2.24, 2.45) is 0 Å². The van der Waals surface area contributed by atoms with Gasteiger partial charge in [-0.2, -0.15) is 23.5 Å². The first-order valence-corrected chi connectivity index (χ1v) is 8.54. The molecule has 15 heavy (non-hydrogen) atoms. The van der Waals surface area contributed by atoms with E-state index in [1.807, 2.05) is 0 Å². The Morgan fingerprint density at radius 1 is 1.27 bits per heavy atom. The summed E-state index contributed by atoms with van der Waals surface area (Å²) in [6.45, 7) is 2.28. The summed E-state index contributed by atoms with van der Waals surface area (Å²) in [6, 6.07) is 1.65. The van der Waals surface area contributed by atoms with Crippen molar-refractivity contribution in [3.8, 4) is 0 Å². The summed E-state index contributed by atoms with van der Waals surface area (Å²) in [5, 5.41) is 4.82. The maximum absolute atomic E-state index is 3.87. The lowest BCUT2D eigenvalue weighted by atomic mass is 10.1. The Balaban J connectivity index is 1.67. The minimum absolute atomic E-state index is 0.819. The Bertz CT molecular complexity index is 180. The van der Waals surface area contributed by atoms with Gasteiger partial charge in [0.25, 0.3) is 0 Å². The zero-order valence-electron chi connectivity index (χ0n) is 9.71. The van der Waals surface area contributed by atoms with Crippen molar-refractivity contribution in [3.63, 3.8) is 0 Å². The molecule has 0 aromatic heterocycles. The van der Waals surface area contributed by atoms with Gasteiger partial charge in [-0.25, -0.2) is 0 Å². The highest BCUT2D eigenvalue weighted by atomic mass is 32.2. The fourth-order valence-electron chi connectivity index (χ4n) is 2.68. The summed E-state index contributed by atoms with van der Waals surface area (Å²) in [6.07, 6.45) is 7.10. The van der Waals surface area contributed by atoms with Crippen LogP contribution in [0, 0.1) is 0 Å². The predicted molar refractivity (Wildman–Crippen MR) is 73.0 cm³/mol. The molecule has 3 atom stereocenters. The van der Waals surface area contributed by atoms with Crippen LogP contribution in [0.25, 0.3) is 0 Å². The van der Waals surface area contributed by atoms with E-state index in [1.165, 1.54) is 49.4 Å². The monoisotopic (exact) mass is 245 g/mol. The molecule has 2 aliphatic rings. The fraction of sp³-hybridized carbons (Fsp3) is 1.00. The molecule has 88 valence electrons. The van der Waals surface area contributed by atoms with Crippen molar-refractivity contribution in [2.75, 3.05) is 17.3 Å². The van der Waals surface area contributed by atoms with Crippen LogP contribution < -0.4 is 5.32 Å². The van der Waals surface area contributed by atoms with Crippen LogP contribution in [-0.2, 0) is 0 Å². The quantitative estimate of drug-likeness (QED) is 0.817. The Labute approximate surface area is 103 Å². The van der Waals surface area contributed by atoms with Gasteiger partial charge in [0.15, 0.2) is 0 Å². The average Bonchev–Trinajstić information content (AvgIpc) is 2.68. The van der Waals surface area contributed by atoms with Gasteiger partial charge in [-0.15, -0.1) is 0 Å².